The molecule has 116 valence electrons. The number of hydrogen-bond acceptors (Lipinski definition) is 4. The minimum absolute atomic E-state index is 0.177. The lowest BCUT2D eigenvalue weighted by molar-refractivity contribution is 0.0182. The Balaban J connectivity index is 3.57. The van der Waals surface area contributed by atoms with Crippen molar-refractivity contribution in [3.63, 3.8) is 0 Å². The second kappa shape index (κ2) is 12.9. The van der Waals surface area contributed by atoms with Crippen molar-refractivity contribution < 1.29 is 14.9 Å². The van der Waals surface area contributed by atoms with Gasteiger partial charge in [0, 0.05) is 25.8 Å². The third kappa shape index (κ3) is 11.4. The molecule has 0 fully saturated rings. The van der Waals surface area contributed by atoms with E-state index in [0.717, 1.165) is 13.0 Å². The molecule has 0 spiro atoms. The second-order valence-electron chi connectivity index (χ2n) is 5.43. The number of ether oxygens (including phenoxy) is 1. The third-order valence-electron chi connectivity index (χ3n) is 3.47. The van der Waals surface area contributed by atoms with Crippen LogP contribution in [0.15, 0.2) is 0 Å². The summed E-state index contributed by atoms with van der Waals surface area (Å²) in [6.45, 7) is 8.24. The number of nitrogens with one attached hydrogen (secondary N) is 1. The van der Waals surface area contributed by atoms with E-state index in [1.54, 1.807) is 0 Å². The molecule has 0 radical (unpaired) electrons. The second-order valence-corrected chi connectivity index (χ2v) is 5.43. The average molecular weight is 275 g/mol. The first kappa shape index (κ1) is 18.8. The van der Waals surface area contributed by atoms with Gasteiger partial charge < -0.3 is 20.3 Å². The summed E-state index contributed by atoms with van der Waals surface area (Å²) in [7, 11) is 0. The van der Waals surface area contributed by atoms with Gasteiger partial charge >= 0.3 is 0 Å². The highest BCUT2D eigenvalue weighted by atomic mass is 16.5. The maximum absolute atomic E-state index is 9.78. The van der Waals surface area contributed by atoms with Crippen molar-refractivity contribution in [1.29, 1.82) is 0 Å². The molecular weight excluding hydrogens is 242 g/mol. The molecule has 4 heteroatoms. The minimum Gasteiger partial charge on any atom is -0.396 e. The van der Waals surface area contributed by atoms with E-state index in [4.69, 9.17) is 9.84 Å². The van der Waals surface area contributed by atoms with Crippen molar-refractivity contribution in [2.24, 2.45) is 5.92 Å². The van der Waals surface area contributed by atoms with Crippen LogP contribution in [0, 0.1) is 5.92 Å². The summed E-state index contributed by atoms with van der Waals surface area (Å²) in [4.78, 5) is 0. The Hall–Kier alpha value is -0.160. The largest absolute Gasteiger partial charge is 0.396 e. The van der Waals surface area contributed by atoms with Crippen LogP contribution >= 0.6 is 0 Å². The van der Waals surface area contributed by atoms with E-state index in [1.165, 1.54) is 19.3 Å². The molecule has 0 aliphatic carbocycles. The lowest BCUT2D eigenvalue weighted by Crippen LogP contribution is -2.36. The molecule has 0 aromatic carbocycles. The van der Waals surface area contributed by atoms with Gasteiger partial charge in [-0.15, -0.1) is 0 Å². The average Bonchev–Trinajstić information content (AvgIpc) is 2.40. The fourth-order valence-corrected chi connectivity index (χ4v) is 1.96. The first-order chi connectivity index (χ1) is 9.13. The highest BCUT2D eigenvalue weighted by Crippen LogP contribution is 2.12. The van der Waals surface area contributed by atoms with Gasteiger partial charge in [-0.05, 0) is 25.7 Å². The number of unbranched alkanes of at least 4 members (excludes halogenated alkanes) is 1. The number of hydrogen-bond donors (Lipinski definition) is 3. The maximum Gasteiger partial charge on any atom is 0.0897 e. The van der Waals surface area contributed by atoms with Crippen molar-refractivity contribution in [3.05, 3.63) is 0 Å². The van der Waals surface area contributed by atoms with Gasteiger partial charge in [0.1, 0.15) is 0 Å². The highest BCUT2D eigenvalue weighted by molar-refractivity contribution is 4.65. The predicted octanol–water partition coefficient (Wildman–Crippen LogP) is 1.94. The summed E-state index contributed by atoms with van der Waals surface area (Å²) in [5.41, 5.74) is 0. The Kier molecular flexibility index (Phi) is 12.7. The van der Waals surface area contributed by atoms with Crippen LogP contribution in [0.5, 0.6) is 0 Å². The first-order valence-corrected chi connectivity index (χ1v) is 7.74. The third-order valence-corrected chi connectivity index (χ3v) is 3.47. The molecule has 3 N–H and O–H groups in total. The van der Waals surface area contributed by atoms with Crippen LogP contribution in [0.1, 0.15) is 52.9 Å². The van der Waals surface area contributed by atoms with Crippen molar-refractivity contribution in [2.45, 2.75) is 65.0 Å². The van der Waals surface area contributed by atoms with Gasteiger partial charge in [-0.25, -0.2) is 0 Å². The van der Waals surface area contributed by atoms with Gasteiger partial charge in [0.05, 0.1) is 12.7 Å². The summed E-state index contributed by atoms with van der Waals surface area (Å²) in [6.07, 6.45) is 5.08. The van der Waals surface area contributed by atoms with Gasteiger partial charge in [-0.2, -0.15) is 0 Å². The van der Waals surface area contributed by atoms with Gasteiger partial charge in [0.15, 0.2) is 0 Å². The number of rotatable bonds is 13. The molecule has 19 heavy (non-hydrogen) atoms. The van der Waals surface area contributed by atoms with E-state index in [2.05, 4.69) is 19.2 Å². The molecule has 0 saturated heterocycles. The van der Waals surface area contributed by atoms with Gasteiger partial charge in [-0.1, -0.05) is 33.1 Å². The molecule has 0 aromatic rings. The fraction of sp³-hybridized carbons (Fsp3) is 1.00. The molecule has 4 nitrogen and oxygen atoms in total. The van der Waals surface area contributed by atoms with Crippen molar-refractivity contribution in [1.82, 2.24) is 5.32 Å². The van der Waals surface area contributed by atoms with Gasteiger partial charge in [-0.3, -0.25) is 0 Å². The maximum atomic E-state index is 9.78. The van der Waals surface area contributed by atoms with Crippen LogP contribution < -0.4 is 5.32 Å². The molecule has 0 heterocycles. The standard InChI is InChI=1S/C15H33NO3/c1-4-6-7-14(5-2)11-19-12-15(18)10-16-13(3)8-9-17/h13-18H,4-12H2,1-3H3. The minimum atomic E-state index is -0.468. The molecule has 3 atom stereocenters. The summed E-state index contributed by atoms with van der Waals surface area (Å²) < 4.78 is 5.60. The lowest BCUT2D eigenvalue weighted by Gasteiger charge is -2.18. The molecule has 0 amide bonds. The molecule has 0 aliphatic heterocycles. The van der Waals surface area contributed by atoms with E-state index in [9.17, 15) is 5.11 Å². The Bertz CT molecular complexity index is 190. The lowest BCUT2D eigenvalue weighted by atomic mass is 10.0. The number of aliphatic hydroxyl groups excluding tert-OH is 2. The van der Waals surface area contributed by atoms with Crippen molar-refractivity contribution >= 4 is 0 Å². The zero-order chi connectivity index (χ0) is 14.5. The monoisotopic (exact) mass is 275 g/mol. The zero-order valence-corrected chi connectivity index (χ0v) is 12.9. The normalized spacial score (nSPS) is 16.3. The Labute approximate surface area is 118 Å². The van der Waals surface area contributed by atoms with Crippen molar-refractivity contribution in [3.8, 4) is 0 Å². The quantitative estimate of drug-likeness (QED) is 0.481. The molecule has 0 rings (SSSR count). The van der Waals surface area contributed by atoms with E-state index < -0.39 is 6.10 Å². The van der Waals surface area contributed by atoms with E-state index in [1.807, 2.05) is 6.92 Å². The summed E-state index contributed by atoms with van der Waals surface area (Å²) in [5.74, 6) is 0.619. The van der Waals surface area contributed by atoms with Gasteiger partial charge in [0.25, 0.3) is 0 Å². The van der Waals surface area contributed by atoms with Gasteiger partial charge in [0.2, 0.25) is 0 Å². The molecule has 0 bridgehead atoms. The van der Waals surface area contributed by atoms with Crippen LogP contribution in [0.25, 0.3) is 0 Å². The van der Waals surface area contributed by atoms with Crippen LogP contribution in [-0.2, 0) is 4.74 Å². The van der Waals surface area contributed by atoms with Crippen molar-refractivity contribution in [2.75, 3.05) is 26.4 Å². The first-order valence-electron chi connectivity index (χ1n) is 7.74. The Morgan fingerprint density at radius 3 is 2.47 bits per heavy atom. The SMILES string of the molecule is CCCCC(CC)COCC(O)CNC(C)CCO. The molecule has 3 unspecified atom stereocenters. The predicted molar refractivity (Wildman–Crippen MR) is 79.3 cm³/mol. The van der Waals surface area contributed by atoms with Crippen LogP contribution in [0.3, 0.4) is 0 Å². The fourth-order valence-electron chi connectivity index (χ4n) is 1.96. The Morgan fingerprint density at radius 2 is 1.89 bits per heavy atom. The smallest absolute Gasteiger partial charge is 0.0897 e. The van der Waals surface area contributed by atoms with E-state index >= 15 is 0 Å². The van der Waals surface area contributed by atoms with E-state index in [0.29, 0.717) is 25.5 Å². The molecule has 0 saturated carbocycles. The molecule has 0 aromatic heterocycles. The topological polar surface area (TPSA) is 61.7 Å². The summed E-state index contributed by atoms with van der Waals surface area (Å²) in [5, 5.41) is 21.7. The van der Waals surface area contributed by atoms with Crippen LogP contribution in [0.4, 0.5) is 0 Å². The summed E-state index contributed by atoms with van der Waals surface area (Å²) in [6, 6.07) is 0.229. The van der Waals surface area contributed by atoms with Crippen LogP contribution in [-0.4, -0.2) is 48.7 Å². The zero-order valence-electron chi connectivity index (χ0n) is 12.9. The number of aliphatic hydroxyl groups is 2. The Morgan fingerprint density at radius 1 is 1.16 bits per heavy atom. The summed E-state index contributed by atoms with van der Waals surface area (Å²) >= 11 is 0. The van der Waals surface area contributed by atoms with Crippen LogP contribution in [0.2, 0.25) is 0 Å². The molecule has 0 aliphatic rings. The highest BCUT2D eigenvalue weighted by Gasteiger charge is 2.10. The van der Waals surface area contributed by atoms with E-state index in [-0.39, 0.29) is 12.6 Å². The molecular formula is C15H33NO3.